The average Bonchev–Trinajstić information content (AvgIpc) is 2.19. The zero-order valence-electron chi connectivity index (χ0n) is 9.12. The Bertz CT molecular complexity index is 314. The van der Waals surface area contributed by atoms with Crippen molar-refractivity contribution in [3.63, 3.8) is 0 Å². The van der Waals surface area contributed by atoms with Crippen molar-refractivity contribution in [3.05, 3.63) is 41.6 Å². The minimum absolute atomic E-state index is 0.148. The second-order valence-corrected chi connectivity index (χ2v) is 8.68. The SMILES string of the molecule is C/C(=C\CO)[Si](C)(C)c1ccccc1. The predicted octanol–water partition coefficient (Wildman–Crippen LogP) is 2.08. The second kappa shape index (κ2) is 4.58. The standard InChI is InChI=1S/C12H18OSi/c1-11(9-10-13)14(2,3)12-7-5-4-6-8-12/h4-9,13H,10H2,1-3H3/b11-9+. The molecule has 1 aromatic carbocycles. The van der Waals surface area contributed by atoms with Crippen molar-refractivity contribution in [3.8, 4) is 0 Å². The van der Waals surface area contributed by atoms with E-state index in [2.05, 4.69) is 44.3 Å². The molecule has 0 fully saturated rings. The molecule has 1 aromatic rings. The van der Waals surface area contributed by atoms with Gasteiger partial charge in [0.2, 0.25) is 0 Å². The van der Waals surface area contributed by atoms with Crippen LogP contribution >= 0.6 is 0 Å². The van der Waals surface area contributed by atoms with Crippen molar-refractivity contribution in [2.24, 2.45) is 0 Å². The van der Waals surface area contributed by atoms with Gasteiger partial charge in [0.25, 0.3) is 0 Å². The second-order valence-electron chi connectivity index (χ2n) is 4.06. The molecule has 0 saturated heterocycles. The summed E-state index contributed by atoms with van der Waals surface area (Å²) in [4.78, 5) is 0. The molecule has 0 aliphatic rings. The van der Waals surface area contributed by atoms with E-state index in [4.69, 9.17) is 5.11 Å². The van der Waals surface area contributed by atoms with Crippen LogP contribution in [0.2, 0.25) is 13.1 Å². The third-order valence-corrected chi connectivity index (χ3v) is 6.83. The largest absolute Gasteiger partial charge is 0.392 e. The maximum atomic E-state index is 8.89. The molecule has 1 nitrogen and oxygen atoms in total. The van der Waals surface area contributed by atoms with Gasteiger partial charge in [-0.25, -0.2) is 0 Å². The van der Waals surface area contributed by atoms with Crippen molar-refractivity contribution in [1.29, 1.82) is 0 Å². The molecule has 0 atom stereocenters. The van der Waals surface area contributed by atoms with Crippen molar-refractivity contribution in [2.75, 3.05) is 6.61 Å². The highest BCUT2D eigenvalue weighted by atomic mass is 28.3. The third kappa shape index (κ3) is 2.34. The zero-order chi connectivity index (χ0) is 10.6. The lowest BCUT2D eigenvalue weighted by atomic mass is 10.4. The van der Waals surface area contributed by atoms with Gasteiger partial charge < -0.3 is 5.11 Å². The van der Waals surface area contributed by atoms with E-state index in [1.54, 1.807) is 0 Å². The first kappa shape index (κ1) is 11.2. The summed E-state index contributed by atoms with van der Waals surface area (Å²) in [7, 11) is -1.50. The van der Waals surface area contributed by atoms with Gasteiger partial charge >= 0.3 is 0 Å². The Kier molecular flexibility index (Phi) is 3.67. The fourth-order valence-corrected chi connectivity index (χ4v) is 3.56. The van der Waals surface area contributed by atoms with E-state index in [0.29, 0.717) is 0 Å². The number of aliphatic hydroxyl groups is 1. The highest BCUT2D eigenvalue weighted by molar-refractivity contribution is 6.95. The summed E-state index contributed by atoms with van der Waals surface area (Å²) in [5, 5.41) is 11.7. The zero-order valence-corrected chi connectivity index (χ0v) is 10.1. The number of hydrogen-bond donors (Lipinski definition) is 1. The van der Waals surface area contributed by atoms with Gasteiger partial charge in [0.05, 0.1) is 6.61 Å². The minimum atomic E-state index is -1.50. The number of aliphatic hydroxyl groups excluding tert-OH is 1. The lowest BCUT2D eigenvalue weighted by molar-refractivity contribution is 0.342. The minimum Gasteiger partial charge on any atom is -0.392 e. The Balaban J connectivity index is 3.02. The Morgan fingerprint density at radius 3 is 2.36 bits per heavy atom. The third-order valence-electron chi connectivity index (χ3n) is 2.88. The van der Waals surface area contributed by atoms with Crippen molar-refractivity contribution < 1.29 is 5.11 Å². The lowest BCUT2D eigenvalue weighted by Crippen LogP contribution is -2.42. The molecule has 0 saturated carbocycles. The Morgan fingerprint density at radius 1 is 1.29 bits per heavy atom. The lowest BCUT2D eigenvalue weighted by Gasteiger charge is -2.24. The molecule has 0 aliphatic heterocycles. The summed E-state index contributed by atoms with van der Waals surface area (Å²) in [5.41, 5.74) is 0. The van der Waals surface area contributed by atoms with Gasteiger partial charge in [-0.15, -0.1) is 0 Å². The first-order chi connectivity index (χ1) is 6.59. The molecule has 0 aromatic heterocycles. The maximum Gasteiger partial charge on any atom is 0.106 e. The van der Waals surface area contributed by atoms with E-state index in [1.807, 2.05) is 12.1 Å². The quantitative estimate of drug-likeness (QED) is 0.751. The summed E-state index contributed by atoms with van der Waals surface area (Å²) < 4.78 is 0. The smallest absolute Gasteiger partial charge is 0.106 e. The van der Waals surface area contributed by atoms with E-state index < -0.39 is 8.07 Å². The molecule has 0 amide bonds. The van der Waals surface area contributed by atoms with E-state index in [1.165, 1.54) is 10.4 Å². The average molecular weight is 206 g/mol. The summed E-state index contributed by atoms with van der Waals surface area (Å²) in [6, 6.07) is 10.6. The van der Waals surface area contributed by atoms with Gasteiger partial charge in [0, 0.05) is 0 Å². The van der Waals surface area contributed by atoms with Crippen molar-refractivity contribution >= 4 is 13.3 Å². The Hall–Kier alpha value is -0.863. The van der Waals surface area contributed by atoms with E-state index in [-0.39, 0.29) is 6.61 Å². The van der Waals surface area contributed by atoms with Crippen LogP contribution in [0, 0.1) is 0 Å². The van der Waals surface area contributed by atoms with Gasteiger partial charge in [-0.05, 0) is 6.92 Å². The first-order valence-electron chi connectivity index (χ1n) is 4.92. The summed E-state index contributed by atoms with van der Waals surface area (Å²) in [6.07, 6.45) is 1.93. The number of rotatable bonds is 3. The van der Waals surface area contributed by atoms with Gasteiger partial charge in [-0.3, -0.25) is 0 Å². The van der Waals surface area contributed by atoms with Crippen LogP contribution in [0.5, 0.6) is 0 Å². The molecule has 0 spiro atoms. The molecular weight excluding hydrogens is 188 g/mol. The molecule has 0 heterocycles. The molecule has 2 heteroatoms. The first-order valence-corrected chi connectivity index (χ1v) is 7.92. The summed E-state index contributed by atoms with van der Waals surface area (Å²) in [5.74, 6) is 0. The number of allylic oxidation sites excluding steroid dienone is 1. The van der Waals surface area contributed by atoms with Gasteiger partial charge in [-0.1, -0.05) is 59.9 Å². The Labute approximate surface area is 87.1 Å². The van der Waals surface area contributed by atoms with Crippen molar-refractivity contribution in [2.45, 2.75) is 20.0 Å². The van der Waals surface area contributed by atoms with Gasteiger partial charge in [0.15, 0.2) is 0 Å². The molecule has 0 bridgehead atoms. The monoisotopic (exact) mass is 206 g/mol. The van der Waals surface area contributed by atoms with E-state index in [9.17, 15) is 0 Å². The predicted molar refractivity (Wildman–Crippen MR) is 64.4 cm³/mol. The summed E-state index contributed by atoms with van der Waals surface area (Å²) in [6.45, 7) is 6.89. The maximum absolute atomic E-state index is 8.89. The topological polar surface area (TPSA) is 20.2 Å². The van der Waals surface area contributed by atoms with Crippen LogP contribution in [-0.4, -0.2) is 19.8 Å². The highest BCUT2D eigenvalue weighted by Crippen LogP contribution is 2.13. The van der Waals surface area contributed by atoms with E-state index >= 15 is 0 Å². The van der Waals surface area contributed by atoms with E-state index in [0.717, 1.165) is 0 Å². The van der Waals surface area contributed by atoms with Crippen LogP contribution < -0.4 is 5.19 Å². The molecule has 0 aliphatic carbocycles. The van der Waals surface area contributed by atoms with Crippen molar-refractivity contribution in [1.82, 2.24) is 0 Å². The highest BCUT2D eigenvalue weighted by Gasteiger charge is 2.24. The fraction of sp³-hybridized carbons (Fsp3) is 0.333. The molecule has 14 heavy (non-hydrogen) atoms. The van der Waals surface area contributed by atoms with Gasteiger partial charge in [-0.2, -0.15) is 0 Å². The molecule has 1 rings (SSSR count). The van der Waals surface area contributed by atoms with Crippen LogP contribution in [0.4, 0.5) is 0 Å². The number of hydrogen-bond acceptors (Lipinski definition) is 1. The molecular formula is C12H18OSi. The molecule has 0 radical (unpaired) electrons. The van der Waals surface area contributed by atoms with Crippen LogP contribution in [0.15, 0.2) is 41.6 Å². The summed E-state index contributed by atoms with van der Waals surface area (Å²) >= 11 is 0. The van der Waals surface area contributed by atoms with Crippen LogP contribution in [0.3, 0.4) is 0 Å². The molecule has 76 valence electrons. The van der Waals surface area contributed by atoms with Crippen LogP contribution in [-0.2, 0) is 0 Å². The van der Waals surface area contributed by atoms with Gasteiger partial charge in [0.1, 0.15) is 8.07 Å². The van der Waals surface area contributed by atoms with Crippen LogP contribution in [0.1, 0.15) is 6.92 Å². The molecule has 1 N–H and O–H groups in total. The van der Waals surface area contributed by atoms with Crippen LogP contribution in [0.25, 0.3) is 0 Å². The fourth-order valence-electron chi connectivity index (χ4n) is 1.47. The number of benzene rings is 1. The normalized spacial score (nSPS) is 13.0. The molecule has 0 unspecified atom stereocenters. The Morgan fingerprint density at radius 2 is 1.86 bits per heavy atom.